The van der Waals surface area contributed by atoms with Crippen molar-refractivity contribution in [3.8, 4) is 22.3 Å². The van der Waals surface area contributed by atoms with E-state index in [1.165, 1.54) is 70.2 Å². The van der Waals surface area contributed by atoms with E-state index in [1.807, 2.05) is 0 Å². The van der Waals surface area contributed by atoms with Crippen molar-refractivity contribution in [3.63, 3.8) is 0 Å². The van der Waals surface area contributed by atoms with Gasteiger partial charge in [-0.2, -0.15) is 48.5 Å². The van der Waals surface area contributed by atoms with Crippen LogP contribution >= 0.6 is 0 Å². The molecule has 0 spiro atoms. The van der Waals surface area contributed by atoms with Gasteiger partial charge in [0.2, 0.25) is 0 Å². The molecule has 0 saturated heterocycles. The minimum Gasteiger partial charge on any atom is -1.00 e. The standard InChI is InChI=1S/2C18H15.2ClH.Hf/c2*1-2-8-13(7-1)18-16-11-5-3-9-14(16)15-10-4-6-12-17(15)18;;;/h2*1,3-7,9-11,13,18H,2,8H2;2*1H;/q2*-1;;;+4/p-2. The normalized spacial score (nSPS) is 22.2. The Balaban J connectivity index is 0.000000168. The van der Waals surface area contributed by atoms with Gasteiger partial charge in [0, 0.05) is 0 Å². The number of fused-ring (bicyclic) bond motifs is 6. The first-order chi connectivity index (χ1) is 17.9. The molecule has 8 rings (SSSR count). The van der Waals surface area contributed by atoms with Crippen molar-refractivity contribution in [2.75, 3.05) is 0 Å². The summed E-state index contributed by atoms with van der Waals surface area (Å²) in [6.45, 7) is 0. The molecule has 0 aliphatic heterocycles. The molecule has 4 atom stereocenters. The van der Waals surface area contributed by atoms with Gasteiger partial charge in [0.05, 0.1) is 0 Å². The Morgan fingerprint density at radius 2 is 0.923 bits per heavy atom. The second-order valence-corrected chi connectivity index (χ2v) is 10.5. The Hall–Kier alpha value is -2.19. The van der Waals surface area contributed by atoms with Crippen LogP contribution in [0.5, 0.6) is 0 Å². The number of hydrogen-bond acceptors (Lipinski definition) is 0. The predicted molar refractivity (Wildman–Crippen MR) is 149 cm³/mol. The molecule has 0 radical (unpaired) electrons. The molecule has 0 heterocycles. The summed E-state index contributed by atoms with van der Waals surface area (Å²) in [6, 6.07) is 37.5. The second-order valence-electron chi connectivity index (χ2n) is 10.5. The zero-order chi connectivity index (χ0) is 23.9. The summed E-state index contributed by atoms with van der Waals surface area (Å²) in [4.78, 5) is 0. The molecule has 4 aromatic rings. The summed E-state index contributed by atoms with van der Waals surface area (Å²) in [6.07, 6.45) is 14.5. The van der Waals surface area contributed by atoms with Crippen molar-refractivity contribution in [1.82, 2.24) is 0 Å². The van der Waals surface area contributed by atoms with E-state index in [1.54, 1.807) is 0 Å². The third-order valence-electron chi connectivity index (χ3n) is 8.53. The fourth-order valence-electron chi connectivity index (χ4n) is 6.98. The van der Waals surface area contributed by atoms with Gasteiger partial charge in [-0.1, -0.05) is 84.0 Å². The third-order valence-corrected chi connectivity index (χ3v) is 8.53. The molecule has 0 nitrogen and oxygen atoms in total. The predicted octanol–water partition coefficient (Wildman–Crippen LogP) is 3.14. The molecule has 0 fully saturated rings. The summed E-state index contributed by atoms with van der Waals surface area (Å²) in [7, 11) is 0. The smallest absolute Gasteiger partial charge is 1.00 e. The molecule has 192 valence electrons. The first-order valence-electron chi connectivity index (χ1n) is 13.4. The molecule has 4 unspecified atom stereocenters. The van der Waals surface area contributed by atoms with Crippen LogP contribution in [0, 0.1) is 24.0 Å². The minimum absolute atomic E-state index is 0. The maximum atomic E-state index is 3.49. The number of benzene rings is 4. The first kappa shape index (κ1) is 29.8. The Bertz CT molecular complexity index is 1280. The van der Waals surface area contributed by atoms with Gasteiger partial charge in [0.15, 0.2) is 0 Å². The maximum Gasteiger partial charge on any atom is 4.00 e. The van der Waals surface area contributed by atoms with Crippen LogP contribution in [0.1, 0.15) is 59.8 Å². The van der Waals surface area contributed by atoms with Gasteiger partial charge in [0.1, 0.15) is 0 Å². The van der Waals surface area contributed by atoms with Crippen LogP contribution in [0.3, 0.4) is 0 Å². The summed E-state index contributed by atoms with van der Waals surface area (Å²) in [5.74, 6) is 2.37. The van der Waals surface area contributed by atoms with Crippen LogP contribution in [-0.2, 0) is 25.8 Å². The molecule has 3 heteroatoms. The van der Waals surface area contributed by atoms with Gasteiger partial charge in [-0.15, -0.1) is 22.3 Å². The molecule has 0 bridgehead atoms. The first-order valence-corrected chi connectivity index (χ1v) is 13.4. The Morgan fingerprint density at radius 3 is 1.33 bits per heavy atom. The topological polar surface area (TPSA) is 0 Å². The maximum absolute atomic E-state index is 3.49. The van der Waals surface area contributed by atoms with Gasteiger partial charge < -0.3 is 24.8 Å². The summed E-state index contributed by atoms with van der Waals surface area (Å²) < 4.78 is 0. The molecule has 0 N–H and O–H groups in total. The SMILES string of the molecule is [Cl-].[Cl-].[Hf+4].[c-]1cccc2c1C(C1C=CCC1)c1ccccc1-2.[c-]1cccc2c1C(C1C=CCC1)c1ccccc1-2. The quantitative estimate of drug-likeness (QED) is 0.171. The van der Waals surface area contributed by atoms with E-state index in [0.717, 1.165) is 0 Å². The average molecular weight is 712 g/mol. The van der Waals surface area contributed by atoms with Crippen LogP contribution in [0.4, 0.5) is 0 Å². The molecule has 0 aromatic heterocycles. The zero-order valence-electron chi connectivity index (χ0n) is 21.8. The van der Waals surface area contributed by atoms with E-state index in [0.29, 0.717) is 23.7 Å². The molecule has 0 amide bonds. The molecule has 4 aliphatic carbocycles. The summed E-state index contributed by atoms with van der Waals surface area (Å²) in [5.41, 5.74) is 11.4. The number of allylic oxidation sites excluding steroid dienone is 4. The van der Waals surface area contributed by atoms with Gasteiger partial charge in [-0.05, 0) is 60.5 Å². The van der Waals surface area contributed by atoms with Crippen LogP contribution in [0.15, 0.2) is 109 Å². The number of halogens is 2. The zero-order valence-corrected chi connectivity index (χ0v) is 26.9. The van der Waals surface area contributed by atoms with Crippen molar-refractivity contribution >= 4 is 0 Å². The van der Waals surface area contributed by atoms with Gasteiger partial charge in [-0.3, -0.25) is 0 Å². The van der Waals surface area contributed by atoms with E-state index in [4.69, 9.17) is 0 Å². The molecular formula is C36H30Cl2Hf. The van der Waals surface area contributed by atoms with Crippen LogP contribution in [0.2, 0.25) is 0 Å². The van der Waals surface area contributed by atoms with Crippen LogP contribution in [0.25, 0.3) is 22.3 Å². The average Bonchev–Trinajstić information content (AvgIpc) is 3.74. The fraction of sp³-hybridized carbons (Fsp3) is 0.222. The van der Waals surface area contributed by atoms with E-state index in [2.05, 4.69) is 121 Å². The van der Waals surface area contributed by atoms with Crippen molar-refractivity contribution < 1.29 is 50.7 Å². The monoisotopic (exact) mass is 712 g/mol. The second kappa shape index (κ2) is 13.0. The van der Waals surface area contributed by atoms with Crippen molar-refractivity contribution in [3.05, 3.63) is 144 Å². The van der Waals surface area contributed by atoms with E-state index in [9.17, 15) is 0 Å². The van der Waals surface area contributed by atoms with Crippen molar-refractivity contribution in [1.29, 1.82) is 0 Å². The summed E-state index contributed by atoms with van der Waals surface area (Å²) >= 11 is 0. The summed E-state index contributed by atoms with van der Waals surface area (Å²) in [5, 5.41) is 0. The van der Waals surface area contributed by atoms with E-state index in [-0.39, 0.29) is 50.7 Å². The third kappa shape index (κ3) is 5.31. The van der Waals surface area contributed by atoms with Crippen molar-refractivity contribution in [2.45, 2.75) is 37.5 Å². The Kier molecular flexibility index (Phi) is 9.92. The number of hydrogen-bond donors (Lipinski definition) is 0. The van der Waals surface area contributed by atoms with Gasteiger partial charge in [-0.25, -0.2) is 0 Å². The largest absolute Gasteiger partial charge is 4.00 e. The van der Waals surface area contributed by atoms with Gasteiger partial charge >= 0.3 is 25.8 Å². The van der Waals surface area contributed by atoms with E-state index >= 15 is 0 Å². The Morgan fingerprint density at radius 1 is 0.513 bits per heavy atom. The fourth-order valence-corrected chi connectivity index (χ4v) is 6.98. The van der Waals surface area contributed by atoms with E-state index < -0.39 is 0 Å². The van der Waals surface area contributed by atoms with Crippen LogP contribution in [-0.4, -0.2) is 0 Å². The number of rotatable bonds is 2. The Labute approximate surface area is 264 Å². The molecular weight excluding hydrogens is 682 g/mol. The molecule has 4 aromatic carbocycles. The molecule has 39 heavy (non-hydrogen) atoms. The molecule has 4 aliphatic rings. The van der Waals surface area contributed by atoms with Crippen LogP contribution < -0.4 is 24.8 Å². The van der Waals surface area contributed by atoms with Crippen molar-refractivity contribution in [2.24, 2.45) is 11.8 Å². The van der Waals surface area contributed by atoms with Gasteiger partial charge in [0.25, 0.3) is 0 Å². The minimum atomic E-state index is 0. The molecule has 0 saturated carbocycles.